The van der Waals surface area contributed by atoms with Crippen LogP contribution in [0.15, 0.2) is 6.07 Å². The molecular weight excluding hydrogens is 232 g/mol. The van der Waals surface area contributed by atoms with Gasteiger partial charge in [-0.3, -0.25) is 4.79 Å². The van der Waals surface area contributed by atoms with Crippen molar-refractivity contribution in [1.82, 2.24) is 0 Å². The molecule has 1 aromatic carbocycles. The zero-order valence-electron chi connectivity index (χ0n) is 7.68. The van der Waals surface area contributed by atoms with E-state index in [4.69, 9.17) is 10.2 Å². The number of aliphatic hydroxyl groups excluding tert-OH is 1. The van der Waals surface area contributed by atoms with E-state index >= 15 is 0 Å². The first-order chi connectivity index (χ1) is 7.34. The summed E-state index contributed by atoms with van der Waals surface area (Å²) in [6.07, 6.45) is -2.89. The Morgan fingerprint density at radius 2 is 1.75 bits per heavy atom. The number of carboxylic acids is 1. The van der Waals surface area contributed by atoms with Gasteiger partial charge in [-0.2, -0.15) is 0 Å². The monoisotopic (exact) mass is 238 g/mol. The summed E-state index contributed by atoms with van der Waals surface area (Å²) in [4.78, 5) is 10.2. The number of aliphatic carboxylic acids is 1. The Hall–Kier alpha value is -1.63. The third-order valence-electron chi connectivity index (χ3n) is 1.86. The zero-order valence-corrected chi connectivity index (χ0v) is 7.68. The van der Waals surface area contributed by atoms with Crippen LogP contribution in [0.25, 0.3) is 0 Å². The van der Waals surface area contributed by atoms with Crippen LogP contribution in [0.4, 0.5) is 17.6 Å². The van der Waals surface area contributed by atoms with Crippen molar-refractivity contribution in [3.05, 3.63) is 34.9 Å². The highest BCUT2D eigenvalue weighted by Gasteiger charge is 2.24. The molecule has 1 atom stereocenters. The van der Waals surface area contributed by atoms with Gasteiger partial charge in [0.25, 0.3) is 0 Å². The van der Waals surface area contributed by atoms with Crippen LogP contribution in [-0.2, 0) is 4.79 Å². The van der Waals surface area contributed by atoms with Gasteiger partial charge in [0, 0.05) is 5.56 Å². The van der Waals surface area contributed by atoms with Gasteiger partial charge in [0.15, 0.2) is 23.3 Å². The first-order valence-corrected chi connectivity index (χ1v) is 4.07. The summed E-state index contributed by atoms with van der Waals surface area (Å²) in [5.41, 5.74) is -0.932. The highest BCUT2D eigenvalue weighted by atomic mass is 19.2. The van der Waals surface area contributed by atoms with E-state index < -0.39 is 47.3 Å². The van der Waals surface area contributed by atoms with Gasteiger partial charge in [0.05, 0.1) is 12.5 Å². The predicted octanol–water partition coefficient (Wildman–Crippen LogP) is 1.75. The van der Waals surface area contributed by atoms with E-state index in [0.29, 0.717) is 0 Å². The van der Waals surface area contributed by atoms with Crippen LogP contribution >= 0.6 is 0 Å². The lowest BCUT2D eigenvalue weighted by atomic mass is 10.1. The van der Waals surface area contributed by atoms with Gasteiger partial charge in [-0.15, -0.1) is 0 Å². The Labute approximate surface area is 86.9 Å². The molecule has 0 unspecified atom stereocenters. The standard InChI is InChI=1S/C9H6F4O3/c10-4-1-3(5(14)2-6(15)16)7(11)9(13)8(4)12/h1,5,14H,2H2,(H,15,16)/t5-/m0/s1. The topological polar surface area (TPSA) is 57.5 Å². The number of carbonyl (C=O) groups is 1. The molecule has 0 saturated carbocycles. The minimum absolute atomic E-state index is 0.224. The lowest BCUT2D eigenvalue weighted by Crippen LogP contribution is -2.10. The number of hydrogen-bond donors (Lipinski definition) is 2. The largest absolute Gasteiger partial charge is 0.481 e. The van der Waals surface area contributed by atoms with Crippen molar-refractivity contribution < 1.29 is 32.6 Å². The molecular formula is C9H6F4O3. The van der Waals surface area contributed by atoms with E-state index in [9.17, 15) is 22.4 Å². The first kappa shape index (κ1) is 12.4. The Balaban J connectivity index is 3.19. The maximum Gasteiger partial charge on any atom is 0.306 e. The molecule has 0 aliphatic heterocycles. The van der Waals surface area contributed by atoms with Crippen LogP contribution in [0.5, 0.6) is 0 Å². The van der Waals surface area contributed by atoms with Gasteiger partial charge in [-0.1, -0.05) is 0 Å². The molecule has 0 aliphatic rings. The summed E-state index contributed by atoms with van der Waals surface area (Å²) in [5.74, 6) is -9.08. The fourth-order valence-electron chi connectivity index (χ4n) is 1.11. The van der Waals surface area contributed by atoms with Crippen molar-refractivity contribution >= 4 is 5.97 Å². The Bertz CT molecular complexity index is 433. The minimum Gasteiger partial charge on any atom is -0.481 e. The number of carboxylic acid groups (broad SMARTS) is 1. The van der Waals surface area contributed by atoms with Crippen molar-refractivity contribution in [2.45, 2.75) is 12.5 Å². The molecule has 0 heterocycles. The van der Waals surface area contributed by atoms with Crippen molar-refractivity contribution in [2.75, 3.05) is 0 Å². The molecule has 16 heavy (non-hydrogen) atoms. The summed E-state index contributed by atoms with van der Waals surface area (Å²) in [5, 5.41) is 17.4. The predicted molar refractivity (Wildman–Crippen MR) is 43.5 cm³/mol. The fraction of sp³-hybridized carbons (Fsp3) is 0.222. The van der Waals surface area contributed by atoms with Crippen LogP contribution in [0.2, 0.25) is 0 Å². The zero-order chi connectivity index (χ0) is 12.5. The third kappa shape index (κ3) is 2.30. The average Bonchev–Trinajstić information content (AvgIpc) is 2.19. The SMILES string of the molecule is O=C(O)C[C@H](O)c1cc(F)c(F)c(F)c1F. The van der Waals surface area contributed by atoms with Gasteiger partial charge in [-0.05, 0) is 6.07 Å². The summed E-state index contributed by atoms with van der Waals surface area (Å²) in [6.45, 7) is 0. The molecule has 0 radical (unpaired) electrons. The number of aliphatic hydroxyl groups is 1. The van der Waals surface area contributed by atoms with Gasteiger partial charge in [0.2, 0.25) is 0 Å². The number of rotatable bonds is 3. The van der Waals surface area contributed by atoms with Gasteiger partial charge in [-0.25, -0.2) is 17.6 Å². The molecule has 3 nitrogen and oxygen atoms in total. The fourth-order valence-corrected chi connectivity index (χ4v) is 1.11. The van der Waals surface area contributed by atoms with Crippen molar-refractivity contribution in [2.24, 2.45) is 0 Å². The van der Waals surface area contributed by atoms with Crippen LogP contribution in [-0.4, -0.2) is 16.2 Å². The van der Waals surface area contributed by atoms with Crippen molar-refractivity contribution in [3.8, 4) is 0 Å². The second-order valence-electron chi connectivity index (χ2n) is 3.00. The quantitative estimate of drug-likeness (QED) is 0.479. The van der Waals surface area contributed by atoms with Crippen LogP contribution in [0.3, 0.4) is 0 Å². The van der Waals surface area contributed by atoms with E-state index in [1.54, 1.807) is 0 Å². The van der Waals surface area contributed by atoms with Gasteiger partial charge in [0.1, 0.15) is 0 Å². The first-order valence-electron chi connectivity index (χ1n) is 4.07. The normalized spacial score (nSPS) is 12.6. The van der Waals surface area contributed by atoms with E-state index in [-0.39, 0.29) is 6.07 Å². The summed E-state index contributed by atoms with van der Waals surface area (Å²) in [6, 6.07) is 0.224. The smallest absolute Gasteiger partial charge is 0.306 e. The maximum atomic E-state index is 13.0. The molecule has 0 aliphatic carbocycles. The molecule has 0 aromatic heterocycles. The van der Waals surface area contributed by atoms with E-state index in [1.807, 2.05) is 0 Å². The molecule has 0 spiro atoms. The Morgan fingerprint density at radius 1 is 1.19 bits per heavy atom. The number of hydrogen-bond acceptors (Lipinski definition) is 2. The molecule has 7 heteroatoms. The second-order valence-corrected chi connectivity index (χ2v) is 3.00. The van der Waals surface area contributed by atoms with Gasteiger partial charge >= 0.3 is 5.97 Å². The molecule has 0 amide bonds. The molecule has 1 rings (SSSR count). The summed E-state index contributed by atoms with van der Waals surface area (Å²) in [7, 11) is 0. The number of benzene rings is 1. The lowest BCUT2D eigenvalue weighted by Gasteiger charge is -2.10. The lowest BCUT2D eigenvalue weighted by molar-refractivity contribution is -0.139. The molecule has 0 saturated heterocycles. The van der Waals surface area contributed by atoms with Crippen LogP contribution < -0.4 is 0 Å². The molecule has 0 fully saturated rings. The molecule has 0 bridgehead atoms. The highest BCUT2D eigenvalue weighted by Crippen LogP contribution is 2.25. The summed E-state index contributed by atoms with van der Waals surface area (Å²) < 4.78 is 50.9. The molecule has 2 N–H and O–H groups in total. The average molecular weight is 238 g/mol. The summed E-state index contributed by atoms with van der Waals surface area (Å²) >= 11 is 0. The van der Waals surface area contributed by atoms with E-state index in [2.05, 4.69) is 0 Å². The highest BCUT2D eigenvalue weighted by molar-refractivity contribution is 5.67. The minimum atomic E-state index is -2.08. The molecule has 88 valence electrons. The van der Waals surface area contributed by atoms with Gasteiger partial charge < -0.3 is 10.2 Å². The van der Waals surface area contributed by atoms with E-state index in [1.165, 1.54) is 0 Å². The maximum absolute atomic E-state index is 13.0. The van der Waals surface area contributed by atoms with Crippen molar-refractivity contribution in [1.29, 1.82) is 0 Å². The second kappa shape index (κ2) is 4.48. The number of halogens is 4. The third-order valence-corrected chi connectivity index (χ3v) is 1.86. The Morgan fingerprint density at radius 3 is 2.25 bits per heavy atom. The van der Waals surface area contributed by atoms with Crippen molar-refractivity contribution in [3.63, 3.8) is 0 Å². The van der Waals surface area contributed by atoms with Crippen LogP contribution in [0.1, 0.15) is 18.1 Å². The molecule has 1 aromatic rings. The van der Waals surface area contributed by atoms with E-state index in [0.717, 1.165) is 0 Å². The van der Waals surface area contributed by atoms with Crippen LogP contribution in [0, 0.1) is 23.3 Å². The Kier molecular flexibility index (Phi) is 3.48.